The number of aromatic nitrogens is 2. The first-order chi connectivity index (χ1) is 11.6. The molecule has 2 aromatic heterocycles. The second-order valence-corrected chi connectivity index (χ2v) is 5.83. The summed E-state index contributed by atoms with van der Waals surface area (Å²) in [7, 11) is 1.54. The lowest BCUT2D eigenvalue weighted by molar-refractivity contribution is 0.0986. The van der Waals surface area contributed by atoms with E-state index in [1.54, 1.807) is 29.3 Å². The monoisotopic (exact) mass is 327 g/mol. The van der Waals surface area contributed by atoms with Crippen LogP contribution in [0.25, 0.3) is 0 Å². The van der Waals surface area contributed by atoms with Crippen molar-refractivity contribution in [1.82, 2.24) is 9.97 Å². The standard InChI is InChI=1S/C18H21N3O3/c1-3-21(13-8-9-16(24-2)19-11-13)18(23)14-10-12-6-4-5-7-15(12)20-17(14)22/h8-11H,3-7H2,1-2H3,(H,20,22). The van der Waals surface area contributed by atoms with E-state index in [1.807, 2.05) is 6.92 Å². The number of ether oxygens (including phenoxy) is 1. The first kappa shape index (κ1) is 16.2. The molecule has 1 N–H and O–H groups in total. The van der Waals surface area contributed by atoms with E-state index < -0.39 is 0 Å². The van der Waals surface area contributed by atoms with E-state index in [0.29, 0.717) is 18.1 Å². The summed E-state index contributed by atoms with van der Waals surface area (Å²) < 4.78 is 5.04. The lowest BCUT2D eigenvalue weighted by Gasteiger charge is -2.22. The zero-order valence-corrected chi connectivity index (χ0v) is 14.0. The lowest BCUT2D eigenvalue weighted by Crippen LogP contribution is -2.35. The summed E-state index contributed by atoms with van der Waals surface area (Å²) in [5.41, 5.74) is 2.55. The highest BCUT2D eigenvalue weighted by Gasteiger charge is 2.22. The zero-order valence-electron chi connectivity index (χ0n) is 14.0. The molecule has 2 aromatic rings. The van der Waals surface area contributed by atoms with E-state index in [0.717, 1.165) is 36.9 Å². The molecule has 0 aliphatic heterocycles. The summed E-state index contributed by atoms with van der Waals surface area (Å²) in [6.07, 6.45) is 5.52. The third-order valence-electron chi connectivity index (χ3n) is 4.37. The molecule has 24 heavy (non-hydrogen) atoms. The van der Waals surface area contributed by atoms with Gasteiger partial charge in [-0.25, -0.2) is 4.98 Å². The highest BCUT2D eigenvalue weighted by Crippen LogP contribution is 2.21. The second-order valence-electron chi connectivity index (χ2n) is 5.83. The number of nitrogens with zero attached hydrogens (tertiary/aromatic N) is 2. The summed E-state index contributed by atoms with van der Waals surface area (Å²) >= 11 is 0. The van der Waals surface area contributed by atoms with Gasteiger partial charge in [0.1, 0.15) is 5.56 Å². The van der Waals surface area contributed by atoms with Crippen LogP contribution in [0.4, 0.5) is 5.69 Å². The molecule has 0 unspecified atom stereocenters. The number of pyridine rings is 2. The number of carbonyl (C=O) groups is 1. The maximum Gasteiger partial charge on any atom is 0.263 e. The molecule has 0 aromatic carbocycles. The molecule has 1 aliphatic carbocycles. The number of fused-ring (bicyclic) bond motifs is 1. The van der Waals surface area contributed by atoms with E-state index in [-0.39, 0.29) is 17.0 Å². The maximum absolute atomic E-state index is 12.9. The summed E-state index contributed by atoms with van der Waals surface area (Å²) in [4.78, 5) is 33.8. The van der Waals surface area contributed by atoms with Crippen molar-refractivity contribution in [1.29, 1.82) is 0 Å². The average molecular weight is 327 g/mol. The van der Waals surface area contributed by atoms with Crippen molar-refractivity contribution in [3.8, 4) is 5.88 Å². The van der Waals surface area contributed by atoms with Gasteiger partial charge < -0.3 is 14.6 Å². The fraction of sp³-hybridized carbons (Fsp3) is 0.389. The number of H-pyrrole nitrogens is 1. The number of hydrogen-bond acceptors (Lipinski definition) is 4. The normalized spacial score (nSPS) is 13.2. The second kappa shape index (κ2) is 6.86. The van der Waals surface area contributed by atoms with Crippen molar-refractivity contribution >= 4 is 11.6 Å². The van der Waals surface area contributed by atoms with Crippen LogP contribution in [-0.4, -0.2) is 29.5 Å². The Morgan fingerprint density at radius 2 is 2.12 bits per heavy atom. The summed E-state index contributed by atoms with van der Waals surface area (Å²) in [5.74, 6) is 0.174. The van der Waals surface area contributed by atoms with Gasteiger partial charge >= 0.3 is 0 Å². The minimum absolute atomic E-state index is 0.188. The highest BCUT2D eigenvalue weighted by molar-refractivity contribution is 6.05. The number of nitrogens with one attached hydrogen (secondary N) is 1. The van der Waals surface area contributed by atoms with E-state index in [9.17, 15) is 9.59 Å². The molecule has 0 bridgehead atoms. The van der Waals surface area contributed by atoms with Gasteiger partial charge in [-0.3, -0.25) is 9.59 Å². The van der Waals surface area contributed by atoms with Gasteiger partial charge in [0.15, 0.2) is 0 Å². The molecular formula is C18H21N3O3. The Bertz CT molecular complexity index is 796. The van der Waals surface area contributed by atoms with Crippen LogP contribution in [0.2, 0.25) is 0 Å². The molecule has 6 nitrogen and oxygen atoms in total. The van der Waals surface area contributed by atoms with Crippen LogP contribution >= 0.6 is 0 Å². The Balaban J connectivity index is 1.95. The van der Waals surface area contributed by atoms with E-state index in [2.05, 4.69) is 9.97 Å². The minimum Gasteiger partial charge on any atom is -0.481 e. The highest BCUT2D eigenvalue weighted by atomic mass is 16.5. The Hall–Kier alpha value is -2.63. The van der Waals surface area contributed by atoms with E-state index >= 15 is 0 Å². The summed E-state index contributed by atoms with van der Waals surface area (Å²) in [6.45, 7) is 2.32. The van der Waals surface area contributed by atoms with Gasteiger partial charge in [-0.15, -0.1) is 0 Å². The predicted octanol–water partition coefficient (Wildman–Crippen LogP) is 2.32. The van der Waals surface area contributed by atoms with Crippen molar-refractivity contribution in [2.24, 2.45) is 0 Å². The number of carbonyl (C=O) groups excluding carboxylic acids is 1. The van der Waals surface area contributed by atoms with Gasteiger partial charge in [0.2, 0.25) is 5.88 Å². The Labute approximate surface area is 140 Å². The van der Waals surface area contributed by atoms with Gasteiger partial charge in [0.05, 0.1) is 19.0 Å². The van der Waals surface area contributed by atoms with Crippen molar-refractivity contribution in [3.05, 3.63) is 51.6 Å². The van der Waals surface area contributed by atoms with Gasteiger partial charge in [0, 0.05) is 18.3 Å². The van der Waals surface area contributed by atoms with Crippen LogP contribution < -0.4 is 15.2 Å². The van der Waals surface area contributed by atoms with Crippen LogP contribution in [0, 0.1) is 0 Å². The number of rotatable bonds is 4. The van der Waals surface area contributed by atoms with Crippen molar-refractivity contribution in [2.45, 2.75) is 32.6 Å². The summed E-state index contributed by atoms with van der Waals surface area (Å²) in [5, 5.41) is 0. The van der Waals surface area contributed by atoms with Gasteiger partial charge in [-0.05, 0) is 50.3 Å². The number of anilines is 1. The van der Waals surface area contributed by atoms with Crippen LogP contribution in [0.5, 0.6) is 5.88 Å². The van der Waals surface area contributed by atoms with E-state index in [4.69, 9.17) is 4.74 Å². The zero-order chi connectivity index (χ0) is 17.1. The average Bonchev–Trinajstić information content (AvgIpc) is 2.62. The molecule has 0 radical (unpaired) electrons. The molecule has 6 heteroatoms. The molecule has 0 atom stereocenters. The summed E-state index contributed by atoms with van der Waals surface area (Å²) in [6, 6.07) is 5.22. The predicted molar refractivity (Wildman–Crippen MR) is 91.8 cm³/mol. The smallest absolute Gasteiger partial charge is 0.263 e. The number of aromatic amines is 1. The Morgan fingerprint density at radius 3 is 2.79 bits per heavy atom. The molecule has 3 rings (SSSR count). The molecule has 2 heterocycles. The molecule has 1 aliphatic rings. The first-order valence-electron chi connectivity index (χ1n) is 8.21. The molecule has 0 saturated carbocycles. The molecule has 0 saturated heterocycles. The van der Waals surface area contributed by atoms with Crippen LogP contribution in [0.15, 0.2) is 29.2 Å². The van der Waals surface area contributed by atoms with Gasteiger partial charge in [0.25, 0.3) is 11.5 Å². The maximum atomic E-state index is 12.9. The van der Waals surface area contributed by atoms with Crippen LogP contribution in [0.3, 0.4) is 0 Å². The SMILES string of the molecule is CCN(C(=O)c1cc2c([nH]c1=O)CCCC2)c1ccc(OC)nc1. The van der Waals surface area contributed by atoms with Gasteiger partial charge in [-0.2, -0.15) is 0 Å². The molecule has 1 amide bonds. The van der Waals surface area contributed by atoms with Crippen molar-refractivity contribution < 1.29 is 9.53 Å². The number of amides is 1. The van der Waals surface area contributed by atoms with Crippen LogP contribution in [-0.2, 0) is 12.8 Å². The topological polar surface area (TPSA) is 75.3 Å². The van der Waals surface area contributed by atoms with Crippen molar-refractivity contribution in [3.63, 3.8) is 0 Å². The minimum atomic E-state index is -0.319. The Morgan fingerprint density at radius 1 is 1.33 bits per heavy atom. The number of methoxy groups -OCH3 is 1. The molecule has 126 valence electrons. The first-order valence-corrected chi connectivity index (χ1v) is 8.21. The lowest BCUT2D eigenvalue weighted by atomic mass is 9.95. The quantitative estimate of drug-likeness (QED) is 0.935. The van der Waals surface area contributed by atoms with Crippen molar-refractivity contribution in [2.75, 3.05) is 18.6 Å². The van der Waals surface area contributed by atoms with Crippen LogP contribution in [0.1, 0.15) is 41.4 Å². The van der Waals surface area contributed by atoms with Gasteiger partial charge in [-0.1, -0.05) is 0 Å². The molecule has 0 spiro atoms. The Kier molecular flexibility index (Phi) is 4.64. The fourth-order valence-electron chi connectivity index (χ4n) is 3.08. The van der Waals surface area contributed by atoms with E-state index in [1.165, 1.54) is 7.11 Å². The number of aryl methyl sites for hydroxylation is 2. The molecular weight excluding hydrogens is 306 g/mol. The third-order valence-corrected chi connectivity index (χ3v) is 4.37. The number of hydrogen-bond donors (Lipinski definition) is 1. The largest absolute Gasteiger partial charge is 0.481 e. The third kappa shape index (κ3) is 3.04. The fourth-order valence-corrected chi connectivity index (χ4v) is 3.08. The molecule has 0 fully saturated rings.